The van der Waals surface area contributed by atoms with Gasteiger partial charge < -0.3 is 9.47 Å². The third kappa shape index (κ3) is 15.8. The molecule has 0 rings (SSSR count). The van der Waals surface area contributed by atoms with E-state index >= 15 is 0 Å². The first-order chi connectivity index (χ1) is 11.5. The summed E-state index contributed by atoms with van der Waals surface area (Å²) in [6.07, 6.45) is 10.4. The van der Waals surface area contributed by atoms with Crippen molar-refractivity contribution in [1.82, 2.24) is 0 Å². The Kier molecular flexibility index (Phi) is 14.8. The molecule has 0 aromatic carbocycles. The lowest BCUT2D eigenvalue weighted by atomic mass is 10.1. The van der Waals surface area contributed by atoms with Gasteiger partial charge in [-0.3, -0.25) is 9.59 Å². The van der Waals surface area contributed by atoms with Crippen molar-refractivity contribution >= 4 is 11.9 Å². The molecular formula is C20H38O4. The Morgan fingerprint density at radius 1 is 0.792 bits per heavy atom. The smallest absolute Gasteiger partial charge is 0.306 e. The number of ether oxygens (including phenoxy) is 2. The van der Waals surface area contributed by atoms with Gasteiger partial charge in [0.25, 0.3) is 0 Å². The van der Waals surface area contributed by atoms with Crippen molar-refractivity contribution in [3.63, 3.8) is 0 Å². The van der Waals surface area contributed by atoms with Crippen molar-refractivity contribution in [2.24, 2.45) is 5.92 Å². The predicted molar refractivity (Wildman–Crippen MR) is 97.8 cm³/mol. The molecule has 0 N–H and O–H groups in total. The van der Waals surface area contributed by atoms with Crippen LogP contribution in [-0.2, 0) is 19.1 Å². The molecule has 0 saturated heterocycles. The minimum atomic E-state index is -0.0800. The quantitative estimate of drug-likeness (QED) is 0.294. The second-order valence-corrected chi connectivity index (χ2v) is 7.14. The second-order valence-electron chi connectivity index (χ2n) is 7.14. The number of hydrogen-bond donors (Lipinski definition) is 0. The van der Waals surface area contributed by atoms with E-state index in [1.807, 2.05) is 20.8 Å². The Balaban J connectivity index is 3.38. The minimum absolute atomic E-state index is 0.0490. The van der Waals surface area contributed by atoms with E-state index in [2.05, 4.69) is 6.92 Å². The van der Waals surface area contributed by atoms with Crippen molar-refractivity contribution in [2.75, 3.05) is 6.61 Å². The molecule has 0 fully saturated rings. The van der Waals surface area contributed by atoms with E-state index in [-0.39, 0.29) is 18.0 Å². The van der Waals surface area contributed by atoms with Gasteiger partial charge in [0.05, 0.1) is 12.7 Å². The van der Waals surface area contributed by atoms with E-state index in [4.69, 9.17) is 9.47 Å². The summed E-state index contributed by atoms with van der Waals surface area (Å²) in [5, 5.41) is 0. The molecule has 0 spiro atoms. The highest BCUT2D eigenvalue weighted by Crippen LogP contribution is 2.11. The van der Waals surface area contributed by atoms with Gasteiger partial charge >= 0.3 is 11.9 Å². The third-order valence-corrected chi connectivity index (χ3v) is 3.89. The monoisotopic (exact) mass is 342 g/mol. The second kappa shape index (κ2) is 15.5. The van der Waals surface area contributed by atoms with Crippen LogP contribution < -0.4 is 0 Å². The molecule has 0 aromatic rings. The molecule has 0 aliphatic carbocycles. The fourth-order valence-corrected chi connectivity index (χ4v) is 2.41. The molecule has 0 heterocycles. The zero-order valence-electron chi connectivity index (χ0n) is 16.3. The number of carbonyl (C=O) groups is 2. The third-order valence-electron chi connectivity index (χ3n) is 3.89. The minimum Gasteiger partial charge on any atom is -0.465 e. The molecule has 0 bridgehead atoms. The first-order valence-corrected chi connectivity index (χ1v) is 9.80. The van der Waals surface area contributed by atoms with Gasteiger partial charge in [-0.1, -0.05) is 59.3 Å². The van der Waals surface area contributed by atoms with Crippen molar-refractivity contribution in [3.8, 4) is 0 Å². The maximum absolute atomic E-state index is 11.7. The summed E-state index contributed by atoms with van der Waals surface area (Å²) in [6, 6.07) is 0. The zero-order valence-corrected chi connectivity index (χ0v) is 16.3. The van der Waals surface area contributed by atoms with Crippen LogP contribution in [-0.4, -0.2) is 24.6 Å². The molecule has 4 nitrogen and oxygen atoms in total. The summed E-state index contributed by atoms with van der Waals surface area (Å²) in [5.74, 6) is 0.255. The first kappa shape index (κ1) is 22.9. The van der Waals surface area contributed by atoms with Crippen LogP contribution >= 0.6 is 0 Å². The maximum atomic E-state index is 11.7. The first-order valence-electron chi connectivity index (χ1n) is 9.80. The van der Waals surface area contributed by atoms with Gasteiger partial charge in [-0.2, -0.15) is 0 Å². The highest BCUT2D eigenvalue weighted by molar-refractivity contribution is 5.69. The van der Waals surface area contributed by atoms with Gasteiger partial charge in [0, 0.05) is 12.8 Å². The average molecular weight is 343 g/mol. The standard InChI is InChI=1S/C20H38O4/c1-5-6-13-18(4)24-20(22)15-12-10-8-7-9-11-14-19(21)23-16-17(2)3/h17-18H,5-16H2,1-4H3. The van der Waals surface area contributed by atoms with Crippen LogP contribution in [0.3, 0.4) is 0 Å². The van der Waals surface area contributed by atoms with Crippen LogP contribution in [0.25, 0.3) is 0 Å². The number of carbonyl (C=O) groups excluding carboxylic acids is 2. The van der Waals surface area contributed by atoms with Gasteiger partial charge in [0.15, 0.2) is 0 Å². The van der Waals surface area contributed by atoms with Gasteiger partial charge in [0.1, 0.15) is 0 Å². The summed E-state index contributed by atoms with van der Waals surface area (Å²) >= 11 is 0. The molecule has 1 atom stereocenters. The number of esters is 2. The van der Waals surface area contributed by atoms with Crippen molar-refractivity contribution in [2.45, 2.75) is 104 Å². The van der Waals surface area contributed by atoms with Gasteiger partial charge in [0.2, 0.25) is 0 Å². The molecule has 1 unspecified atom stereocenters. The average Bonchev–Trinajstić information content (AvgIpc) is 2.53. The Bertz CT molecular complexity index is 326. The number of rotatable bonds is 15. The van der Waals surface area contributed by atoms with Crippen LogP contribution in [0.1, 0.15) is 98.3 Å². The highest BCUT2D eigenvalue weighted by atomic mass is 16.5. The molecule has 0 aliphatic rings. The highest BCUT2D eigenvalue weighted by Gasteiger charge is 2.08. The van der Waals surface area contributed by atoms with Crippen molar-refractivity contribution in [3.05, 3.63) is 0 Å². The number of hydrogen-bond acceptors (Lipinski definition) is 4. The van der Waals surface area contributed by atoms with Crippen LogP contribution in [0.5, 0.6) is 0 Å². The van der Waals surface area contributed by atoms with Crippen LogP contribution in [0.2, 0.25) is 0 Å². The maximum Gasteiger partial charge on any atom is 0.306 e. The van der Waals surface area contributed by atoms with Gasteiger partial charge in [-0.25, -0.2) is 0 Å². The van der Waals surface area contributed by atoms with E-state index in [1.165, 1.54) is 0 Å². The Morgan fingerprint density at radius 2 is 1.33 bits per heavy atom. The molecule has 0 radical (unpaired) electrons. The molecule has 0 aliphatic heterocycles. The SMILES string of the molecule is CCCCC(C)OC(=O)CCCCCCCCC(=O)OCC(C)C. The van der Waals surface area contributed by atoms with E-state index in [9.17, 15) is 9.59 Å². The van der Waals surface area contributed by atoms with Crippen LogP contribution in [0, 0.1) is 5.92 Å². The van der Waals surface area contributed by atoms with E-state index in [0.29, 0.717) is 25.4 Å². The summed E-state index contributed by atoms with van der Waals surface area (Å²) < 4.78 is 10.5. The fourth-order valence-electron chi connectivity index (χ4n) is 2.41. The molecule has 24 heavy (non-hydrogen) atoms. The molecule has 142 valence electrons. The summed E-state index contributed by atoms with van der Waals surface area (Å²) in [7, 11) is 0. The van der Waals surface area contributed by atoms with E-state index in [0.717, 1.165) is 57.8 Å². The molecule has 0 amide bonds. The molecular weight excluding hydrogens is 304 g/mol. The topological polar surface area (TPSA) is 52.6 Å². The lowest BCUT2D eigenvalue weighted by molar-refractivity contribution is -0.148. The van der Waals surface area contributed by atoms with Crippen molar-refractivity contribution < 1.29 is 19.1 Å². The Hall–Kier alpha value is -1.06. The van der Waals surface area contributed by atoms with Crippen LogP contribution in [0.15, 0.2) is 0 Å². The van der Waals surface area contributed by atoms with Gasteiger partial charge in [-0.05, 0) is 32.1 Å². The van der Waals surface area contributed by atoms with E-state index in [1.54, 1.807) is 0 Å². The fraction of sp³-hybridized carbons (Fsp3) is 0.900. The van der Waals surface area contributed by atoms with Crippen molar-refractivity contribution in [1.29, 1.82) is 0 Å². The normalized spacial score (nSPS) is 12.2. The lowest BCUT2D eigenvalue weighted by Gasteiger charge is -2.12. The molecule has 4 heteroatoms. The van der Waals surface area contributed by atoms with Gasteiger partial charge in [-0.15, -0.1) is 0 Å². The van der Waals surface area contributed by atoms with E-state index < -0.39 is 0 Å². The predicted octanol–water partition coefficient (Wildman–Crippen LogP) is 5.43. The Labute approximate surface area is 148 Å². The summed E-state index contributed by atoms with van der Waals surface area (Å²) in [6.45, 7) is 8.71. The molecule has 0 aromatic heterocycles. The number of unbranched alkanes of at least 4 members (excludes halogenated alkanes) is 6. The Morgan fingerprint density at radius 3 is 1.88 bits per heavy atom. The van der Waals surface area contributed by atoms with Crippen LogP contribution in [0.4, 0.5) is 0 Å². The summed E-state index contributed by atoms with van der Waals surface area (Å²) in [5.41, 5.74) is 0. The lowest BCUT2D eigenvalue weighted by Crippen LogP contribution is -2.14. The summed E-state index contributed by atoms with van der Waals surface area (Å²) in [4.78, 5) is 23.1. The molecule has 0 saturated carbocycles. The zero-order chi connectivity index (χ0) is 18.2. The largest absolute Gasteiger partial charge is 0.465 e.